The third-order valence-electron chi connectivity index (χ3n) is 3.29. The molecule has 1 aliphatic rings. The van der Waals surface area contributed by atoms with Gasteiger partial charge in [-0.15, -0.1) is 0 Å². The number of hydrogen-bond acceptors (Lipinski definition) is 6. The second kappa shape index (κ2) is 5.60. The molecule has 6 heteroatoms. The highest BCUT2D eigenvalue weighted by Gasteiger charge is 2.30. The topological polar surface area (TPSA) is 83.4 Å². The molecule has 6 nitrogen and oxygen atoms in total. The van der Waals surface area contributed by atoms with E-state index in [-0.39, 0.29) is 12.0 Å². The Labute approximate surface area is 116 Å². The molecule has 1 aromatic carbocycles. The molecule has 0 spiro atoms. The summed E-state index contributed by atoms with van der Waals surface area (Å²) in [6.07, 6.45) is 0. The molecule has 0 bridgehead atoms. The predicted octanol–water partition coefficient (Wildman–Crippen LogP) is 1.63. The van der Waals surface area contributed by atoms with Crippen molar-refractivity contribution in [1.29, 1.82) is 0 Å². The van der Waals surface area contributed by atoms with Gasteiger partial charge in [-0.05, 0) is 13.0 Å². The molecule has 1 aromatic heterocycles. The van der Waals surface area contributed by atoms with Gasteiger partial charge in [0.25, 0.3) is 0 Å². The molecular weight excluding hydrogens is 258 g/mol. The van der Waals surface area contributed by atoms with E-state index in [1.54, 1.807) is 0 Å². The Morgan fingerprint density at radius 3 is 3.15 bits per heavy atom. The smallest absolute Gasteiger partial charge is 0.237 e. The van der Waals surface area contributed by atoms with Crippen LogP contribution in [0.2, 0.25) is 0 Å². The summed E-state index contributed by atoms with van der Waals surface area (Å²) >= 11 is 0. The first-order valence-corrected chi connectivity index (χ1v) is 6.68. The van der Waals surface area contributed by atoms with Gasteiger partial charge in [-0.3, -0.25) is 0 Å². The van der Waals surface area contributed by atoms with Crippen LogP contribution in [0, 0.1) is 0 Å². The highest BCUT2D eigenvalue weighted by molar-refractivity contribution is 5.42. The molecule has 106 valence electrons. The molecule has 2 atom stereocenters. The normalized spacial score (nSPS) is 18.6. The quantitative estimate of drug-likeness (QED) is 0.893. The number of nitrogens with two attached hydrogens (primary N) is 1. The first-order valence-electron chi connectivity index (χ1n) is 6.68. The van der Waals surface area contributed by atoms with Crippen molar-refractivity contribution in [2.45, 2.75) is 18.9 Å². The molecule has 0 saturated carbocycles. The van der Waals surface area contributed by atoms with Gasteiger partial charge < -0.3 is 19.7 Å². The first-order chi connectivity index (χ1) is 9.79. The third-order valence-corrected chi connectivity index (χ3v) is 3.29. The average molecular weight is 275 g/mol. The van der Waals surface area contributed by atoms with Gasteiger partial charge in [0, 0.05) is 12.2 Å². The molecule has 3 rings (SSSR count). The van der Waals surface area contributed by atoms with Crippen molar-refractivity contribution in [2.75, 3.05) is 19.8 Å². The fraction of sp³-hybridized carbons (Fsp3) is 0.429. The van der Waals surface area contributed by atoms with Crippen LogP contribution in [-0.4, -0.2) is 30.0 Å². The molecule has 1 aliphatic heterocycles. The predicted molar refractivity (Wildman–Crippen MR) is 71.5 cm³/mol. The Morgan fingerprint density at radius 1 is 1.45 bits per heavy atom. The summed E-state index contributed by atoms with van der Waals surface area (Å²) in [6.45, 7) is 3.43. The summed E-state index contributed by atoms with van der Waals surface area (Å²) in [7, 11) is 0. The molecular formula is C14H17N3O3. The standard InChI is InChI=1S/C14H17N3O3/c1-2-18-8-11(15)13-16-14(20-17-13)10-7-19-12-6-4-3-5-9(10)12/h3-6,10-11H,2,7-8,15H2,1H3. The van der Waals surface area contributed by atoms with Crippen LogP contribution in [0.1, 0.15) is 36.2 Å². The maximum atomic E-state index is 5.95. The Bertz CT molecular complexity index is 585. The second-order valence-corrected chi connectivity index (χ2v) is 4.66. The Balaban J connectivity index is 1.78. The molecule has 20 heavy (non-hydrogen) atoms. The van der Waals surface area contributed by atoms with Gasteiger partial charge >= 0.3 is 0 Å². The summed E-state index contributed by atoms with van der Waals surface area (Å²) in [4.78, 5) is 4.38. The largest absolute Gasteiger partial charge is 0.492 e. The lowest BCUT2D eigenvalue weighted by molar-refractivity contribution is 0.130. The van der Waals surface area contributed by atoms with Crippen molar-refractivity contribution >= 4 is 0 Å². The number of ether oxygens (including phenoxy) is 2. The molecule has 0 radical (unpaired) electrons. The van der Waals surface area contributed by atoms with E-state index in [4.69, 9.17) is 19.7 Å². The van der Waals surface area contributed by atoms with Gasteiger partial charge in [0.05, 0.1) is 12.6 Å². The lowest BCUT2D eigenvalue weighted by atomic mass is 10.0. The maximum absolute atomic E-state index is 5.95. The van der Waals surface area contributed by atoms with Crippen LogP contribution < -0.4 is 10.5 Å². The zero-order valence-corrected chi connectivity index (χ0v) is 11.3. The van der Waals surface area contributed by atoms with Crippen LogP contribution in [0.15, 0.2) is 28.8 Å². The first kappa shape index (κ1) is 13.1. The van der Waals surface area contributed by atoms with E-state index in [1.807, 2.05) is 31.2 Å². The highest BCUT2D eigenvalue weighted by atomic mass is 16.5. The van der Waals surface area contributed by atoms with Crippen molar-refractivity contribution in [1.82, 2.24) is 10.1 Å². The second-order valence-electron chi connectivity index (χ2n) is 4.66. The molecule has 2 aromatic rings. The summed E-state index contributed by atoms with van der Waals surface area (Å²) in [5.74, 6) is 1.86. The zero-order chi connectivity index (χ0) is 13.9. The van der Waals surface area contributed by atoms with E-state index >= 15 is 0 Å². The molecule has 0 saturated heterocycles. The highest BCUT2D eigenvalue weighted by Crippen LogP contribution is 2.37. The number of hydrogen-bond donors (Lipinski definition) is 1. The van der Waals surface area contributed by atoms with E-state index in [0.717, 1.165) is 11.3 Å². The van der Waals surface area contributed by atoms with Crippen LogP contribution >= 0.6 is 0 Å². The monoisotopic (exact) mass is 275 g/mol. The van der Waals surface area contributed by atoms with Gasteiger partial charge in [-0.25, -0.2) is 0 Å². The van der Waals surface area contributed by atoms with E-state index in [9.17, 15) is 0 Å². The van der Waals surface area contributed by atoms with Crippen LogP contribution in [0.3, 0.4) is 0 Å². The van der Waals surface area contributed by atoms with Crippen molar-refractivity contribution in [3.63, 3.8) is 0 Å². The minimum absolute atomic E-state index is 0.0215. The average Bonchev–Trinajstić information content (AvgIpc) is 3.10. The van der Waals surface area contributed by atoms with Crippen LogP contribution in [0.25, 0.3) is 0 Å². The number of para-hydroxylation sites is 1. The van der Waals surface area contributed by atoms with Crippen molar-refractivity contribution in [3.8, 4) is 5.75 Å². The Kier molecular flexibility index (Phi) is 3.66. The van der Waals surface area contributed by atoms with Gasteiger partial charge in [0.2, 0.25) is 5.89 Å². The third kappa shape index (κ3) is 2.39. The molecule has 2 heterocycles. The minimum Gasteiger partial charge on any atom is -0.492 e. The fourth-order valence-electron chi connectivity index (χ4n) is 2.23. The Hall–Kier alpha value is -1.92. The number of nitrogens with zero attached hydrogens (tertiary/aromatic N) is 2. The minimum atomic E-state index is -0.370. The van der Waals surface area contributed by atoms with Crippen molar-refractivity contribution in [3.05, 3.63) is 41.5 Å². The number of aromatic nitrogens is 2. The van der Waals surface area contributed by atoms with Crippen LogP contribution in [0.5, 0.6) is 5.75 Å². The number of fused-ring (bicyclic) bond motifs is 1. The van der Waals surface area contributed by atoms with E-state index in [0.29, 0.717) is 31.5 Å². The summed E-state index contributed by atoms with van der Waals surface area (Å²) in [6, 6.07) is 7.49. The van der Waals surface area contributed by atoms with Crippen molar-refractivity contribution in [2.24, 2.45) is 5.73 Å². The molecule has 0 fully saturated rings. The van der Waals surface area contributed by atoms with E-state index < -0.39 is 0 Å². The zero-order valence-electron chi connectivity index (χ0n) is 11.3. The maximum Gasteiger partial charge on any atom is 0.237 e. The Morgan fingerprint density at radius 2 is 2.30 bits per heavy atom. The van der Waals surface area contributed by atoms with Gasteiger partial charge in [-0.2, -0.15) is 4.98 Å². The summed E-state index contributed by atoms with van der Waals surface area (Å²) in [5, 5.41) is 3.94. The van der Waals surface area contributed by atoms with Crippen molar-refractivity contribution < 1.29 is 14.0 Å². The lowest BCUT2D eigenvalue weighted by Gasteiger charge is -2.05. The fourth-order valence-corrected chi connectivity index (χ4v) is 2.23. The van der Waals surface area contributed by atoms with Gasteiger partial charge in [0.1, 0.15) is 18.3 Å². The number of benzene rings is 1. The lowest BCUT2D eigenvalue weighted by Crippen LogP contribution is -2.18. The van der Waals surface area contributed by atoms with Gasteiger partial charge in [0.15, 0.2) is 5.82 Å². The SMILES string of the molecule is CCOCC(N)c1noc(C2COc3ccccc32)n1. The molecule has 0 aliphatic carbocycles. The van der Waals surface area contributed by atoms with E-state index in [1.165, 1.54) is 0 Å². The summed E-state index contributed by atoms with van der Waals surface area (Å²) < 4.78 is 16.2. The van der Waals surface area contributed by atoms with Gasteiger partial charge in [-0.1, -0.05) is 23.4 Å². The van der Waals surface area contributed by atoms with E-state index in [2.05, 4.69) is 10.1 Å². The number of rotatable bonds is 5. The molecule has 0 amide bonds. The molecule has 2 unspecified atom stereocenters. The van der Waals surface area contributed by atoms with Crippen LogP contribution in [-0.2, 0) is 4.74 Å². The van der Waals surface area contributed by atoms with Crippen LogP contribution in [0.4, 0.5) is 0 Å². The summed E-state index contributed by atoms with van der Waals surface area (Å²) in [5.41, 5.74) is 7.02. The molecule has 2 N–H and O–H groups in total.